The van der Waals surface area contributed by atoms with Crippen LogP contribution in [-0.2, 0) is 14.3 Å². The number of carbonyl (C=O) groups excluding carboxylic acids is 2. The molecule has 0 saturated carbocycles. The van der Waals surface area contributed by atoms with Crippen LogP contribution in [0.15, 0.2) is 0 Å². The molecule has 0 aromatic rings. The maximum absolute atomic E-state index is 10.9. The average Bonchev–Trinajstić information content (AvgIpc) is 2.10. The molecule has 0 aromatic heterocycles. The molecule has 0 aliphatic heterocycles. The minimum atomic E-state index is -0.417. The number of ketones is 1. The van der Waals surface area contributed by atoms with Crippen molar-refractivity contribution in [2.75, 3.05) is 6.61 Å². The molecule has 0 bridgehead atoms. The van der Waals surface area contributed by atoms with E-state index < -0.39 is 5.97 Å². The molecule has 69 valence electrons. The van der Waals surface area contributed by atoms with Gasteiger partial charge in [0.15, 0.2) is 5.78 Å². The molecule has 3 heteroatoms. The highest BCUT2D eigenvalue weighted by Crippen LogP contribution is 1.96. The summed E-state index contributed by atoms with van der Waals surface area (Å²) in [5.41, 5.74) is 0. The topological polar surface area (TPSA) is 43.4 Å². The van der Waals surface area contributed by atoms with Gasteiger partial charge in [0, 0.05) is 12.8 Å². The lowest BCUT2D eigenvalue weighted by molar-refractivity contribution is -0.147. The Kier molecular flexibility index (Phi) is 6.34. The van der Waals surface area contributed by atoms with Gasteiger partial charge in [-0.15, -0.1) is 0 Å². The van der Waals surface area contributed by atoms with E-state index in [4.69, 9.17) is 0 Å². The molecule has 0 heterocycles. The molecule has 1 radical (unpaired) electrons. The Hall–Kier alpha value is -0.860. The van der Waals surface area contributed by atoms with Gasteiger partial charge in [-0.2, -0.15) is 0 Å². The summed E-state index contributed by atoms with van der Waals surface area (Å²) in [7, 11) is 0. The molecule has 0 aromatic carbocycles. The lowest BCUT2D eigenvalue weighted by Crippen LogP contribution is -2.12. The van der Waals surface area contributed by atoms with Crippen LogP contribution in [0.5, 0.6) is 0 Å². The molecule has 0 unspecified atom stereocenters. The maximum atomic E-state index is 10.9. The van der Waals surface area contributed by atoms with Gasteiger partial charge < -0.3 is 4.74 Å². The van der Waals surface area contributed by atoms with Gasteiger partial charge in [0.1, 0.15) is 6.61 Å². The summed E-state index contributed by atoms with van der Waals surface area (Å²) in [5, 5.41) is 0. The minimum absolute atomic E-state index is 0.0151. The molecule has 0 N–H and O–H groups in total. The van der Waals surface area contributed by atoms with Crippen molar-refractivity contribution in [3.05, 3.63) is 6.92 Å². The number of hydrogen-bond acceptors (Lipinski definition) is 3. The van der Waals surface area contributed by atoms with Crippen molar-refractivity contribution in [3.8, 4) is 0 Å². The second-order valence-corrected chi connectivity index (χ2v) is 2.55. The summed E-state index contributed by atoms with van der Waals surface area (Å²) in [6, 6.07) is 0. The molecule has 0 atom stereocenters. The Bertz CT molecular complexity index is 152. The van der Waals surface area contributed by atoms with Crippen molar-refractivity contribution >= 4 is 11.8 Å². The second kappa shape index (κ2) is 6.83. The van der Waals surface area contributed by atoms with Gasteiger partial charge in [-0.3, -0.25) is 9.59 Å². The molecular weight excluding hydrogens is 156 g/mol. The number of rotatable bonds is 6. The fraction of sp³-hybridized carbons (Fsp3) is 0.667. The van der Waals surface area contributed by atoms with Crippen LogP contribution in [-0.4, -0.2) is 18.4 Å². The first-order chi connectivity index (χ1) is 5.70. The van der Waals surface area contributed by atoms with Crippen LogP contribution in [0.4, 0.5) is 0 Å². The number of ether oxygens (including phenoxy) is 1. The maximum Gasteiger partial charge on any atom is 0.306 e. The fourth-order valence-corrected chi connectivity index (χ4v) is 0.679. The van der Waals surface area contributed by atoms with Crippen molar-refractivity contribution in [3.63, 3.8) is 0 Å². The van der Waals surface area contributed by atoms with Gasteiger partial charge in [0.25, 0.3) is 0 Å². The standard InChI is InChI=1S/C9H15O3/c1-3-5-6-8(10)7-12-9(11)4-2/h2-7H2,1H3. The quantitative estimate of drug-likeness (QED) is 0.569. The van der Waals surface area contributed by atoms with E-state index in [1.54, 1.807) is 0 Å². The third-order valence-electron chi connectivity index (χ3n) is 1.41. The van der Waals surface area contributed by atoms with E-state index in [0.29, 0.717) is 6.42 Å². The van der Waals surface area contributed by atoms with Crippen molar-refractivity contribution in [2.45, 2.75) is 32.6 Å². The van der Waals surface area contributed by atoms with E-state index in [9.17, 15) is 9.59 Å². The van der Waals surface area contributed by atoms with E-state index in [0.717, 1.165) is 12.8 Å². The molecule has 0 spiro atoms. The Morgan fingerprint density at radius 1 is 1.42 bits per heavy atom. The summed E-state index contributed by atoms with van der Waals surface area (Å²) >= 11 is 0. The smallest absolute Gasteiger partial charge is 0.306 e. The number of carbonyl (C=O) groups is 2. The third kappa shape index (κ3) is 5.89. The van der Waals surface area contributed by atoms with Crippen LogP contribution in [0, 0.1) is 6.92 Å². The van der Waals surface area contributed by atoms with Crippen molar-refractivity contribution in [2.24, 2.45) is 0 Å². The lowest BCUT2D eigenvalue weighted by Gasteiger charge is -2.00. The van der Waals surface area contributed by atoms with Crippen LogP contribution in [0.25, 0.3) is 0 Å². The second-order valence-electron chi connectivity index (χ2n) is 2.55. The Labute approximate surface area is 73.1 Å². The molecule has 0 aliphatic carbocycles. The van der Waals surface area contributed by atoms with E-state index in [1.807, 2.05) is 6.92 Å². The predicted octanol–water partition coefficient (Wildman–Crippen LogP) is 1.51. The molecule has 12 heavy (non-hydrogen) atoms. The van der Waals surface area contributed by atoms with Crippen molar-refractivity contribution in [1.82, 2.24) is 0 Å². The van der Waals surface area contributed by atoms with Gasteiger partial charge in [0.05, 0.1) is 0 Å². The fourth-order valence-electron chi connectivity index (χ4n) is 0.679. The molecule has 0 fully saturated rings. The molecule has 0 amide bonds. The first-order valence-corrected chi connectivity index (χ1v) is 4.17. The van der Waals surface area contributed by atoms with Crippen LogP contribution in [0.3, 0.4) is 0 Å². The van der Waals surface area contributed by atoms with Gasteiger partial charge in [-0.05, 0) is 13.3 Å². The minimum Gasteiger partial charge on any atom is -0.458 e. The SMILES string of the molecule is [CH2]CC(=O)OCC(=O)CCCC. The lowest BCUT2D eigenvalue weighted by atomic mass is 10.2. The van der Waals surface area contributed by atoms with Gasteiger partial charge in [0.2, 0.25) is 0 Å². The Balaban J connectivity index is 3.37. The average molecular weight is 171 g/mol. The highest BCUT2D eigenvalue weighted by molar-refractivity contribution is 5.82. The van der Waals surface area contributed by atoms with Crippen LogP contribution in [0.1, 0.15) is 32.6 Å². The summed E-state index contributed by atoms with van der Waals surface area (Å²) in [4.78, 5) is 21.5. The normalized spacial score (nSPS) is 9.50. The highest BCUT2D eigenvalue weighted by Gasteiger charge is 2.04. The molecule has 3 nitrogen and oxygen atoms in total. The van der Waals surface area contributed by atoms with E-state index in [1.165, 1.54) is 0 Å². The van der Waals surface area contributed by atoms with Crippen LogP contribution >= 0.6 is 0 Å². The van der Waals surface area contributed by atoms with E-state index in [2.05, 4.69) is 11.7 Å². The van der Waals surface area contributed by atoms with Gasteiger partial charge in [-0.25, -0.2) is 0 Å². The van der Waals surface area contributed by atoms with Gasteiger partial charge >= 0.3 is 5.97 Å². The van der Waals surface area contributed by atoms with Gasteiger partial charge in [-0.1, -0.05) is 13.3 Å². The van der Waals surface area contributed by atoms with E-state index in [-0.39, 0.29) is 18.8 Å². The van der Waals surface area contributed by atoms with Crippen LogP contribution < -0.4 is 0 Å². The number of Topliss-reactive ketones (excluding diaryl/α,β-unsaturated/α-hetero) is 1. The van der Waals surface area contributed by atoms with Crippen molar-refractivity contribution in [1.29, 1.82) is 0 Å². The number of hydrogen-bond donors (Lipinski definition) is 0. The first-order valence-electron chi connectivity index (χ1n) is 4.17. The molecule has 0 rings (SSSR count). The van der Waals surface area contributed by atoms with Crippen molar-refractivity contribution < 1.29 is 14.3 Å². The Morgan fingerprint density at radius 2 is 2.08 bits per heavy atom. The monoisotopic (exact) mass is 171 g/mol. The molecule has 0 aliphatic rings. The zero-order valence-electron chi connectivity index (χ0n) is 7.47. The van der Waals surface area contributed by atoms with Crippen LogP contribution in [0.2, 0.25) is 0 Å². The summed E-state index contributed by atoms with van der Waals surface area (Å²) in [5.74, 6) is -0.432. The zero-order chi connectivity index (χ0) is 9.40. The number of unbranched alkanes of at least 4 members (excludes halogenated alkanes) is 1. The predicted molar refractivity (Wildman–Crippen MR) is 45.5 cm³/mol. The largest absolute Gasteiger partial charge is 0.458 e. The van der Waals surface area contributed by atoms with E-state index >= 15 is 0 Å². The zero-order valence-corrected chi connectivity index (χ0v) is 7.47. The first kappa shape index (κ1) is 11.1. The molecular formula is C9H15O3. The number of esters is 1. The summed E-state index contributed by atoms with van der Waals surface area (Å²) in [6.07, 6.45) is 2.43. The summed E-state index contributed by atoms with van der Waals surface area (Å²) < 4.78 is 4.60. The highest BCUT2D eigenvalue weighted by atomic mass is 16.5. The molecule has 0 saturated heterocycles. The Morgan fingerprint density at radius 3 is 2.58 bits per heavy atom. The summed E-state index contributed by atoms with van der Waals surface area (Å²) in [6.45, 7) is 5.26. The third-order valence-corrected chi connectivity index (χ3v) is 1.41.